The molecule has 0 spiro atoms. The first-order valence-corrected chi connectivity index (χ1v) is 6.83. The average molecular weight is 280 g/mol. The predicted molar refractivity (Wildman–Crippen MR) is 76.1 cm³/mol. The maximum Gasteiger partial charge on any atom is 0.251 e. The van der Waals surface area contributed by atoms with Crippen LogP contribution in [0.5, 0.6) is 0 Å². The zero-order valence-electron chi connectivity index (χ0n) is 12.1. The van der Waals surface area contributed by atoms with E-state index in [4.69, 9.17) is 10.5 Å². The maximum atomic E-state index is 13.4. The molecule has 20 heavy (non-hydrogen) atoms. The first-order valence-electron chi connectivity index (χ1n) is 6.83. The van der Waals surface area contributed by atoms with Crippen LogP contribution in [0.2, 0.25) is 0 Å². The molecule has 4 nitrogen and oxygen atoms in total. The van der Waals surface area contributed by atoms with E-state index in [1.165, 1.54) is 12.1 Å². The Labute approximate surface area is 118 Å². The first-order chi connectivity index (χ1) is 9.36. The van der Waals surface area contributed by atoms with E-state index in [1.807, 2.05) is 6.92 Å². The molecule has 0 radical (unpaired) electrons. The summed E-state index contributed by atoms with van der Waals surface area (Å²) < 4.78 is 19.1. The minimum absolute atomic E-state index is 0.00270. The van der Waals surface area contributed by atoms with E-state index in [0.29, 0.717) is 12.3 Å². The summed E-state index contributed by atoms with van der Waals surface area (Å²) in [6, 6.07) is 4.56. The highest BCUT2D eigenvalue weighted by Crippen LogP contribution is 2.44. The van der Waals surface area contributed by atoms with Crippen molar-refractivity contribution in [2.75, 3.05) is 11.9 Å². The summed E-state index contributed by atoms with van der Waals surface area (Å²) in [5.74, 6) is -1.35. The Balaban J connectivity index is 2.09. The number of amides is 1. The van der Waals surface area contributed by atoms with Crippen LogP contribution in [0.25, 0.3) is 0 Å². The Morgan fingerprint density at radius 2 is 2.25 bits per heavy atom. The quantitative estimate of drug-likeness (QED) is 0.871. The van der Waals surface area contributed by atoms with Crippen LogP contribution in [0.1, 0.15) is 37.6 Å². The van der Waals surface area contributed by atoms with E-state index in [2.05, 4.69) is 19.2 Å². The molecular weight excluding hydrogens is 259 g/mol. The van der Waals surface area contributed by atoms with Crippen molar-refractivity contribution < 1.29 is 13.9 Å². The largest absolute Gasteiger partial charge is 0.382 e. The molecule has 0 aliphatic heterocycles. The van der Waals surface area contributed by atoms with Crippen LogP contribution in [0.15, 0.2) is 18.2 Å². The second-order valence-electron chi connectivity index (χ2n) is 5.76. The standard InChI is InChI=1S/C15H21FN2O2/c1-4-20-13-8-12(15(13,2)3)18-9-5-6-11(16)10(7-9)14(17)19/h5-7,12-13,18H,4,8H2,1-3H3,(H2,17,19). The molecule has 0 saturated heterocycles. The fourth-order valence-corrected chi connectivity index (χ4v) is 2.62. The molecule has 2 atom stereocenters. The third kappa shape index (κ3) is 2.63. The Morgan fingerprint density at radius 3 is 2.80 bits per heavy atom. The van der Waals surface area contributed by atoms with Crippen LogP contribution < -0.4 is 11.1 Å². The molecule has 1 aliphatic rings. The SMILES string of the molecule is CCOC1CC(Nc2ccc(F)c(C(N)=O)c2)C1(C)C. The van der Waals surface area contributed by atoms with Gasteiger partial charge in [0.25, 0.3) is 5.91 Å². The molecule has 2 unspecified atom stereocenters. The van der Waals surface area contributed by atoms with Crippen molar-refractivity contribution in [2.45, 2.75) is 39.3 Å². The number of nitrogens with one attached hydrogen (secondary N) is 1. The molecule has 1 aromatic carbocycles. The van der Waals surface area contributed by atoms with Crippen molar-refractivity contribution >= 4 is 11.6 Å². The lowest BCUT2D eigenvalue weighted by Gasteiger charge is -2.52. The van der Waals surface area contributed by atoms with E-state index in [1.54, 1.807) is 6.07 Å². The number of benzene rings is 1. The van der Waals surface area contributed by atoms with E-state index in [0.717, 1.165) is 6.42 Å². The monoisotopic (exact) mass is 280 g/mol. The van der Waals surface area contributed by atoms with Crippen LogP contribution >= 0.6 is 0 Å². The number of anilines is 1. The van der Waals surface area contributed by atoms with Gasteiger partial charge in [-0.25, -0.2) is 4.39 Å². The minimum atomic E-state index is -0.758. The smallest absolute Gasteiger partial charge is 0.251 e. The topological polar surface area (TPSA) is 64.3 Å². The van der Waals surface area contributed by atoms with Gasteiger partial charge in [0.15, 0.2) is 0 Å². The van der Waals surface area contributed by atoms with Gasteiger partial charge in [-0.3, -0.25) is 4.79 Å². The van der Waals surface area contributed by atoms with E-state index >= 15 is 0 Å². The number of hydrogen-bond acceptors (Lipinski definition) is 3. The van der Waals surface area contributed by atoms with Crippen molar-refractivity contribution in [1.29, 1.82) is 0 Å². The summed E-state index contributed by atoms with van der Waals surface area (Å²) in [4.78, 5) is 11.1. The molecule has 110 valence electrons. The normalized spacial score (nSPS) is 24.0. The van der Waals surface area contributed by atoms with Crippen LogP contribution in [0.3, 0.4) is 0 Å². The summed E-state index contributed by atoms with van der Waals surface area (Å²) >= 11 is 0. The number of halogens is 1. The fraction of sp³-hybridized carbons (Fsp3) is 0.533. The molecule has 2 rings (SSSR count). The van der Waals surface area contributed by atoms with E-state index in [-0.39, 0.29) is 23.1 Å². The zero-order valence-corrected chi connectivity index (χ0v) is 12.1. The van der Waals surface area contributed by atoms with Gasteiger partial charge in [0.05, 0.1) is 11.7 Å². The number of hydrogen-bond donors (Lipinski definition) is 2. The maximum absolute atomic E-state index is 13.4. The number of primary amides is 1. The minimum Gasteiger partial charge on any atom is -0.382 e. The molecule has 1 aromatic rings. The molecule has 1 amide bonds. The van der Waals surface area contributed by atoms with Gasteiger partial charge in [-0.15, -0.1) is 0 Å². The van der Waals surface area contributed by atoms with Crippen LogP contribution in [-0.4, -0.2) is 24.7 Å². The van der Waals surface area contributed by atoms with Gasteiger partial charge < -0.3 is 15.8 Å². The number of ether oxygens (including phenoxy) is 1. The van der Waals surface area contributed by atoms with Gasteiger partial charge in [0, 0.05) is 23.8 Å². The second kappa shape index (κ2) is 5.40. The summed E-state index contributed by atoms with van der Waals surface area (Å²) in [5, 5.41) is 3.33. The summed E-state index contributed by atoms with van der Waals surface area (Å²) in [7, 11) is 0. The Hall–Kier alpha value is -1.62. The first kappa shape index (κ1) is 14.8. The van der Waals surface area contributed by atoms with E-state index < -0.39 is 11.7 Å². The van der Waals surface area contributed by atoms with Gasteiger partial charge in [-0.1, -0.05) is 13.8 Å². The van der Waals surface area contributed by atoms with Gasteiger partial charge >= 0.3 is 0 Å². The molecule has 3 N–H and O–H groups in total. The Morgan fingerprint density at radius 1 is 1.55 bits per heavy atom. The lowest BCUT2D eigenvalue weighted by molar-refractivity contribution is -0.0975. The zero-order chi connectivity index (χ0) is 14.9. The lowest BCUT2D eigenvalue weighted by atomic mass is 9.64. The van der Waals surface area contributed by atoms with Crippen molar-refractivity contribution in [3.63, 3.8) is 0 Å². The summed E-state index contributed by atoms with van der Waals surface area (Å²) in [5.41, 5.74) is 5.76. The van der Waals surface area contributed by atoms with Crippen molar-refractivity contribution in [3.8, 4) is 0 Å². The summed E-state index contributed by atoms with van der Waals surface area (Å²) in [6.07, 6.45) is 1.12. The highest BCUT2D eigenvalue weighted by Gasteiger charge is 2.48. The van der Waals surface area contributed by atoms with Gasteiger partial charge in [0.2, 0.25) is 0 Å². The Bertz CT molecular complexity index is 517. The van der Waals surface area contributed by atoms with Gasteiger partial charge in [0.1, 0.15) is 5.82 Å². The van der Waals surface area contributed by atoms with Gasteiger partial charge in [-0.2, -0.15) is 0 Å². The molecule has 1 fully saturated rings. The molecule has 0 heterocycles. The number of carbonyl (C=O) groups is 1. The molecular formula is C15H21FN2O2. The van der Waals surface area contributed by atoms with Crippen LogP contribution in [0, 0.1) is 11.2 Å². The predicted octanol–water partition coefficient (Wildman–Crippen LogP) is 2.54. The molecule has 0 bridgehead atoms. The third-order valence-electron chi connectivity index (χ3n) is 4.12. The molecule has 1 aliphatic carbocycles. The number of nitrogens with two attached hydrogens (primary N) is 1. The van der Waals surface area contributed by atoms with E-state index in [9.17, 15) is 9.18 Å². The average Bonchev–Trinajstić information content (AvgIpc) is 2.39. The van der Waals surface area contributed by atoms with Crippen molar-refractivity contribution in [2.24, 2.45) is 11.1 Å². The fourth-order valence-electron chi connectivity index (χ4n) is 2.62. The highest BCUT2D eigenvalue weighted by molar-refractivity contribution is 5.94. The molecule has 5 heteroatoms. The van der Waals surface area contributed by atoms with Crippen molar-refractivity contribution in [3.05, 3.63) is 29.6 Å². The van der Waals surface area contributed by atoms with Crippen LogP contribution in [0.4, 0.5) is 10.1 Å². The van der Waals surface area contributed by atoms with Crippen LogP contribution in [-0.2, 0) is 4.74 Å². The number of carbonyl (C=O) groups excluding carboxylic acids is 1. The third-order valence-corrected chi connectivity index (χ3v) is 4.12. The number of rotatable bonds is 5. The molecule has 0 aromatic heterocycles. The van der Waals surface area contributed by atoms with Crippen molar-refractivity contribution in [1.82, 2.24) is 0 Å². The van der Waals surface area contributed by atoms with Gasteiger partial charge in [-0.05, 0) is 31.5 Å². The Kier molecular flexibility index (Phi) is 3.99. The lowest BCUT2D eigenvalue weighted by Crippen LogP contribution is -2.58. The summed E-state index contributed by atoms with van der Waals surface area (Å²) in [6.45, 7) is 6.94. The molecule has 1 saturated carbocycles. The second-order valence-corrected chi connectivity index (χ2v) is 5.76. The highest BCUT2D eigenvalue weighted by atomic mass is 19.1.